The van der Waals surface area contributed by atoms with E-state index in [1.165, 1.54) is 0 Å². The highest BCUT2D eigenvalue weighted by molar-refractivity contribution is 5.83. The van der Waals surface area contributed by atoms with Gasteiger partial charge in [0.2, 0.25) is 0 Å². The van der Waals surface area contributed by atoms with Crippen LogP contribution < -0.4 is 5.32 Å². The molecule has 0 fully saturated rings. The number of aryl methyl sites for hydroxylation is 1. The van der Waals surface area contributed by atoms with Gasteiger partial charge in [-0.1, -0.05) is 0 Å². The molecule has 0 aliphatic heterocycles. The zero-order valence-electron chi connectivity index (χ0n) is 10.4. The highest BCUT2D eigenvalue weighted by atomic mass is 16.6. The Kier molecular flexibility index (Phi) is 4.51. The molecule has 3 N–H and O–H groups in total. The maximum absolute atomic E-state index is 11.4. The van der Waals surface area contributed by atoms with E-state index in [0.29, 0.717) is 18.7 Å². The van der Waals surface area contributed by atoms with Crippen LogP contribution in [0.1, 0.15) is 32.9 Å². The third kappa shape index (κ3) is 5.35. The number of nitrogens with one attached hydrogen (secondary N) is 2. The van der Waals surface area contributed by atoms with Crippen molar-refractivity contribution in [2.45, 2.75) is 39.2 Å². The van der Waals surface area contributed by atoms with Crippen LogP contribution in [0.25, 0.3) is 0 Å². The smallest absolute Gasteiger partial charge is 0.413 e. The molecule has 0 atom stereocenters. The number of H-pyrrole nitrogens is 1. The zero-order valence-corrected chi connectivity index (χ0v) is 10.4. The van der Waals surface area contributed by atoms with Crippen LogP contribution >= 0.6 is 0 Å². The molecule has 0 aliphatic carbocycles. The molecule has 1 rings (SSSR count). The molecule has 96 valence electrons. The van der Waals surface area contributed by atoms with Crippen LogP contribution in [0.4, 0.5) is 10.6 Å². The van der Waals surface area contributed by atoms with Crippen LogP contribution in [0.5, 0.6) is 0 Å². The summed E-state index contributed by atoms with van der Waals surface area (Å²) in [6.45, 7) is 5.52. The number of anilines is 1. The number of ether oxygens (including phenoxy) is 1. The molecule has 1 amide bonds. The molecule has 6 heteroatoms. The number of hydrogen-bond donors (Lipinski definition) is 3. The number of aliphatic hydroxyl groups is 1. The number of aromatic nitrogens is 2. The standard InChI is InChI=1S/C11H19N3O3/c1-11(2,3)17-10(16)12-9-7-8(13-14-9)5-4-6-15/h7,15H,4-6H2,1-3H3,(H2,12,13,14,16). The second-order valence-corrected chi connectivity index (χ2v) is 4.73. The summed E-state index contributed by atoms with van der Waals surface area (Å²) in [5.41, 5.74) is 0.338. The van der Waals surface area contributed by atoms with E-state index >= 15 is 0 Å². The lowest BCUT2D eigenvalue weighted by Gasteiger charge is -2.18. The molecular formula is C11H19N3O3. The van der Waals surface area contributed by atoms with Gasteiger partial charge in [-0.15, -0.1) is 0 Å². The van der Waals surface area contributed by atoms with E-state index in [2.05, 4.69) is 15.5 Å². The second kappa shape index (κ2) is 5.67. The summed E-state index contributed by atoms with van der Waals surface area (Å²) in [7, 11) is 0. The van der Waals surface area contributed by atoms with Gasteiger partial charge in [-0.05, 0) is 33.6 Å². The van der Waals surface area contributed by atoms with Crippen LogP contribution in [0.3, 0.4) is 0 Å². The van der Waals surface area contributed by atoms with E-state index < -0.39 is 11.7 Å². The summed E-state index contributed by atoms with van der Waals surface area (Å²) in [6.07, 6.45) is 0.825. The van der Waals surface area contributed by atoms with Gasteiger partial charge in [0.1, 0.15) is 5.60 Å². The quantitative estimate of drug-likeness (QED) is 0.748. The van der Waals surface area contributed by atoms with Crippen LogP contribution in [0, 0.1) is 0 Å². The Morgan fingerprint density at radius 3 is 2.88 bits per heavy atom. The van der Waals surface area contributed by atoms with E-state index in [9.17, 15) is 4.79 Å². The molecule has 0 radical (unpaired) electrons. The largest absolute Gasteiger partial charge is 0.444 e. The van der Waals surface area contributed by atoms with Gasteiger partial charge in [0.05, 0.1) is 0 Å². The number of nitrogens with zero attached hydrogens (tertiary/aromatic N) is 1. The molecule has 0 aliphatic rings. The summed E-state index contributed by atoms with van der Waals surface area (Å²) in [4.78, 5) is 11.4. The van der Waals surface area contributed by atoms with Gasteiger partial charge < -0.3 is 9.84 Å². The van der Waals surface area contributed by atoms with Gasteiger partial charge in [-0.2, -0.15) is 5.10 Å². The van der Waals surface area contributed by atoms with Crippen LogP contribution in [-0.4, -0.2) is 33.6 Å². The predicted octanol–water partition coefficient (Wildman–Crippen LogP) is 1.68. The normalized spacial score (nSPS) is 11.3. The first-order chi connectivity index (χ1) is 7.90. The summed E-state index contributed by atoms with van der Waals surface area (Å²) >= 11 is 0. The van der Waals surface area contributed by atoms with Crippen molar-refractivity contribution in [3.8, 4) is 0 Å². The first-order valence-electron chi connectivity index (χ1n) is 5.56. The van der Waals surface area contributed by atoms with Gasteiger partial charge in [0, 0.05) is 18.4 Å². The number of amides is 1. The molecule has 1 aromatic heterocycles. The van der Waals surface area contributed by atoms with Crippen molar-refractivity contribution in [2.75, 3.05) is 11.9 Å². The molecular weight excluding hydrogens is 222 g/mol. The maximum atomic E-state index is 11.4. The molecule has 1 heterocycles. The number of aliphatic hydroxyl groups excluding tert-OH is 1. The number of carbonyl (C=O) groups excluding carboxylic acids is 1. The van der Waals surface area contributed by atoms with Crippen molar-refractivity contribution in [1.29, 1.82) is 0 Å². The van der Waals surface area contributed by atoms with Crippen molar-refractivity contribution < 1.29 is 14.6 Å². The van der Waals surface area contributed by atoms with Crippen molar-refractivity contribution in [3.63, 3.8) is 0 Å². The van der Waals surface area contributed by atoms with Crippen molar-refractivity contribution in [3.05, 3.63) is 11.8 Å². The highest BCUT2D eigenvalue weighted by Crippen LogP contribution is 2.11. The Balaban J connectivity index is 2.46. The van der Waals surface area contributed by atoms with Crippen molar-refractivity contribution in [2.24, 2.45) is 0 Å². The van der Waals surface area contributed by atoms with Crippen molar-refractivity contribution in [1.82, 2.24) is 10.2 Å². The third-order valence-electron chi connectivity index (χ3n) is 1.86. The number of aromatic amines is 1. The fourth-order valence-electron chi connectivity index (χ4n) is 1.23. The van der Waals surface area contributed by atoms with Crippen LogP contribution in [0.15, 0.2) is 6.07 Å². The fraction of sp³-hybridized carbons (Fsp3) is 0.636. The lowest BCUT2D eigenvalue weighted by atomic mass is 10.2. The Hall–Kier alpha value is -1.56. The van der Waals surface area contributed by atoms with Gasteiger partial charge >= 0.3 is 6.09 Å². The van der Waals surface area contributed by atoms with Gasteiger partial charge in [0.15, 0.2) is 5.82 Å². The predicted molar refractivity (Wildman–Crippen MR) is 63.9 cm³/mol. The average molecular weight is 241 g/mol. The summed E-state index contributed by atoms with van der Waals surface area (Å²) in [5.74, 6) is 0.423. The Bertz CT molecular complexity index is 368. The van der Waals surface area contributed by atoms with Crippen LogP contribution in [-0.2, 0) is 11.2 Å². The van der Waals surface area contributed by atoms with E-state index in [1.54, 1.807) is 26.8 Å². The Morgan fingerprint density at radius 1 is 1.59 bits per heavy atom. The van der Waals surface area contributed by atoms with E-state index in [-0.39, 0.29) is 6.61 Å². The van der Waals surface area contributed by atoms with Crippen LogP contribution in [0.2, 0.25) is 0 Å². The minimum absolute atomic E-state index is 0.133. The van der Waals surface area contributed by atoms with E-state index in [4.69, 9.17) is 9.84 Å². The van der Waals surface area contributed by atoms with E-state index in [0.717, 1.165) is 5.69 Å². The first kappa shape index (κ1) is 13.5. The molecule has 6 nitrogen and oxygen atoms in total. The lowest BCUT2D eigenvalue weighted by Crippen LogP contribution is -2.27. The summed E-state index contributed by atoms with van der Waals surface area (Å²) in [6, 6.07) is 1.72. The lowest BCUT2D eigenvalue weighted by molar-refractivity contribution is 0.0635. The topological polar surface area (TPSA) is 87.2 Å². The number of rotatable bonds is 4. The molecule has 0 saturated carbocycles. The monoisotopic (exact) mass is 241 g/mol. The molecule has 1 aromatic rings. The Labute approximate surface area is 100 Å². The second-order valence-electron chi connectivity index (χ2n) is 4.73. The first-order valence-corrected chi connectivity index (χ1v) is 5.56. The average Bonchev–Trinajstić information content (AvgIpc) is 2.59. The number of hydrogen-bond acceptors (Lipinski definition) is 4. The fourth-order valence-corrected chi connectivity index (χ4v) is 1.23. The summed E-state index contributed by atoms with van der Waals surface area (Å²) in [5, 5.41) is 17.9. The van der Waals surface area contributed by atoms with Crippen molar-refractivity contribution >= 4 is 11.9 Å². The molecule has 0 bridgehead atoms. The number of carbonyl (C=O) groups is 1. The zero-order chi connectivity index (χ0) is 12.9. The molecule has 17 heavy (non-hydrogen) atoms. The van der Waals surface area contributed by atoms with Gasteiger partial charge in [-0.25, -0.2) is 4.79 Å². The Morgan fingerprint density at radius 2 is 2.29 bits per heavy atom. The maximum Gasteiger partial charge on any atom is 0.413 e. The molecule has 0 unspecified atom stereocenters. The third-order valence-corrected chi connectivity index (χ3v) is 1.86. The molecule has 0 aromatic carbocycles. The van der Waals surface area contributed by atoms with E-state index in [1.807, 2.05) is 0 Å². The SMILES string of the molecule is CC(C)(C)OC(=O)Nc1cc(CCCO)[nH]n1. The van der Waals surface area contributed by atoms with Gasteiger partial charge in [0.25, 0.3) is 0 Å². The molecule has 0 saturated heterocycles. The van der Waals surface area contributed by atoms with Gasteiger partial charge in [-0.3, -0.25) is 10.4 Å². The minimum Gasteiger partial charge on any atom is -0.444 e. The highest BCUT2D eigenvalue weighted by Gasteiger charge is 2.16. The molecule has 0 spiro atoms. The summed E-state index contributed by atoms with van der Waals surface area (Å²) < 4.78 is 5.09. The minimum atomic E-state index is -0.530.